The number of amides is 1. The quantitative estimate of drug-likeness (QED) is 0.510. The second kappa shape index (κ2) is 11.0. The minimum Gasteiger partial charge on any atom is -0.465 e. The molecule has 2 aromatic rings. The molecular weight excluding hydrogens is 492 g/mol. The first-order chi connectivity index (χ1) is 16.4. The molecule has 1 aliphatic rings. The molecule has 35 heavy (non-hydrogen) atoms. The van der Waals surface area contributed by atoms with Gasteiger partial charge in [0.1, 0.15) is 5.60 Å². The molecule has 1 aliphatic heterocycles. The Balaban J connectivity index is 1.84. The zero-order valence-electron chi connectivity index (χ0n) is 20.4. The summed E-state index contributed by atoms with van der Waals surface area (Å²) >= 11 is 5.97. The van der Waals surface area contributed by atoms with Crippen LogP contribution in [0.1, 0.15) is 49.5 Å². The molecule has 8 nitrogen and oxygen atoms in total. The first kappa shape index (κ1) is 27.0. The standard InChI is InChI=1S/C25H31ClN2O6S/c1-25(2,3)34-24(30)27-15-13-21(14-16-27)28(35(31,32)22-11-9-20(26)10-12-22)17-18-5-7-19(8-6-18)23(29)33-4/h5-12,21H,13-17H2,1-4H3. The Morgan fingerprint density at radius 3 is 2.11 bits per heavy atom. The van der Waals surface area contributed by atoms with Gasteiger partial charge in [-0.25, -0.2) is 18.0 Å². The van der Waals surface area contributed by atoms with Gasteiger partial charge in [-0.3, -0.25) is 0 Å². The molecule has 0 aliphatic carbocycles. The van der Waals surface area contributed by atoms with Gasteiger partial charge in [-0.05, 0) is 75.6 Å². The van der Waals surface area contributed by atoms with Crippen LogP contribution in [-0.2, 0) is 26.0 Å². The molecule has 1 saturated heterocycles. The van der Waals surface area contributed by atoms with Crippen molar-refractivity contribution in [3.8, 4) is 0 Å². The van der Waals surface area contributed by atoms with Gasteiger partial charge >= 0.3 is 12.1 Å². The fraction of sp³-hybridized carbons (Fsp3) is 0.440. The number of nitrogens with zero attached hydrogens (tertiary/aromatic N) is 2. The summed E-state index contributed by atoms with van der Waals surface area (Å²) in [6.45, 7) is 6.31. The van der Waals surface area contributed by atoms with Crippen LogP contribution in [0.25, 0.3) is 0 Å². The van der Waals surface area contributed by atoms with Crippen molar-refractivity contribution < 1.29 is 27.5 Å². The van der Waals surface area contributed by atoms with Crippen LogP contribution in [0.2, 0.25) is 5.02 Å². The fourth-order valence-corrected chi connectivity index (χ4v) is 5.66. The van der Waals surface area contributed by atoms with Crippen LogP contribution >= 0.6 is 11.6 Å². The van der Waals surface area contributed by atoms with Crippen molar-refractivity contribution in [1.82, 2.24) is 9.21 Å². The highest BCUT2D eigenvalue weighted by Crippen LogP contribution is 2.28. The predicted octanol–water partition coefficient (Wildman–Crippen LogP) is 4.72. The molecule has 0 atom stereocenters. The third kappa shape index (κ3) is 6.96. The van der Waals surface area contributed by atoms with E-state index in [9.17, 15) is 18.0 Å². The third-order valence-corrected chi connectivity index (χ3v) is 7.82. The van der Waals surface area contributed by atoms with Gasteiger partial charge in [-0.15, -0.1) is 0 Å². The number of halogens is 1. The Morgan fingerprint density at radius 1 is 1.03 bits per heavy atom. The minimum absolute atomic E-state index is 0.115. The summed E-state index contributed by atoms with van der Waals surface area (Å²) in [5.41, 5.74) is 0.507. The summed E-state index contributed by atoms with van der Waals surface area (Å²) in [4.78, 5) is 26.0. The highest BCUT2D eigenvalue weighted by molar-refractivity contribution is 7.89. The van der Waals surface area contributed by atoms with E-state index in [2.05, 4.69) is 0 Å². The largest absolute Gasteiger partial charge is 0.465 e. The molecule has 10 heteroatoms. The number of likely N-dealkylation sites (tertiary alicyclic amines) is 1. The van der Waals surface area contributed by atoms with Crippen molar-refractivity contribution in [2.45, 2.75) is 56.7 Å². The lowest BCUT2D eigenvalue weighted by Crippen LogP contribution is -2.49. The van der Waals surface area contributed by atoms with E-state index in [0.717, 1.165) is 5.56 Å². The molecule has 0 saturated carbocycles. The zero-order valence-corrected chi connectivity index (χ0v) is 21.9. The highest BCUT2D eigenvalue weighted by atomic mass is 35.5. The number of methoxy groups -OCH3 is 1. The monoisotopic (exact) mass is 522 g/mol. The molecule has 0 aromatic heterocycles. The van der Waals surface area contributed by atoms with Crippen molar-refractivity contribution in [2.75, 3.05) is 20.2 Å². The summed E-state index contributed by atoms with van der Waals surface area (Å²) in [6.07, 6.45) is 0.528. The molecule has 2 aromatic carbocycles. The average Bonchev–Trinajstić information content (AvgIpc) is 2.81. The molecule has 190 valence electrons. The van der Waals surface area contributed by atoms with Gasteiger partial charge in [0.2, 0.25) is 10.0 Å². The van der Waals surface area contributed by atoms with E-state index in [4.69, 9.17) is 21.1 Å². The molecular formula is C25H31ClN2O6S. The summed E-state index contributed by atoms with van der Waals surface area (Å²) in [7, 11) is -2.56. The van der Waals surface area contributed by atoms with Crippen LogP contribution in [0.4, 0.5) is 4.79 Å². The molecule has 1 amide bonds. The average molecular weight is 523 g/mol. The van der Waals surface area contributed by atoms with Gasteiger partial charge in [-0.2, -0.15) is 4.31 Å². The number of ether oxygens (including phenoxy) is 2. The molecule has 0 unspecified atom stereocenters. The van der Waals surface area contributed by atoms with E-state index in [0.29, 0.717) is 36.5 Å². The Morgan fingerprint density at radius 2 is 1.60 bits per heavy atom. The van der Waals surface area contributed by atoms with Crippen LogP contribution in [-0.4, -0.2) is 61.5 Å². The van der Waals surface area contributed by atoms with E-state index < -0.39 is 27.7 Å². The maximum absolute atomic E-state index is 13.7. The lowest BCUT2D eigenvalue weighted by molar-refractivity contribution is 0.0176. The van der Waals surface area contributed by atoms with E-state index in [1.807, 2.05) is 20.8 Å². The summed E-state index contributed by atoms with van der Waals surface area (Å²) in [5.74, 6) is -0.461. The molecule has 1 fully saturated rings. The second-order valence-electron chi connectivity index (χ2n) is 9.39. The van der Waals surface area contributed by atoms with Crippen molar-refractivity contribution >= 4 is 33.7 Å². The number of benzene rings is 2. The fourth-order valence-electron chi connectivity index (χ4n) is 3.86. The Hall–Kier alpha value is -2.62. The summed E-state index contributed by atoms with van der Waals surface area (Å²) in [6, 6.07) is 12.4. The van der Waals surface area contributed by atoms with Crippen molar-refractivity contribution in [3.63, 3.8) is 0 Å². The third-order valence-electron chi connectivity index (χ3n) is 5.66. The Bertz CT molecular complexity index is 1140. The smallest absolute Gasteiger partial charge is 0.410 e. The van der Waals surface area contributed by atoms with Crippen molar-refractivity contribution in [3.05, 3.63) is 64.7 Å². The Labute approximate surface area is 211 Å². The number of carbonyl (C=O) groups excluding carboxylic acids is 2. The van der Waals surface area contributed by atoms with Crippen molar-refractivity contribution in [2.24, 2.45) is 0 Å². The van der Waals surface area contributed by atoms with Gasteiger partial charge in [-0.1, -0.05) is 23.7 Å². The normalized spacial score (nSPS) is 15.2. The number of hydrogen-bond donors (Lipinski definition) is 0. The Kier molecular flexibility index (Phi) is 8.46. The first-order valence-corrected chi connectivity index (χ1v) is 13.1. The van der Waals surface area contributed by atoms with E-state index in [1.165, 1.54) is 23.5 Å². The second-order valence-corrected chi connectivity index (χ2v) is 11.7. The van der Waals surface area contributed by atoms with E-state index in [1.54, 1.807) is 41.3 Å². The zero-order chi connectivity index (χ0) is 25.8. The molecule has 0 radical (unpaired) electrons. The highest BCUT2D eigenvalue weighted by Gasteiger charge is 2.35. The van der Waals surface area contributed by atoms with Crippen LogP contribution in [0, 0.1) is 0 Å². The molecule has 0 N–H and O–H groups in total. The lowest BCUT2D eigenvalue weighted by atomic mass is 10.0. The SMILES string of the molecule is COC(=O)c1ccc(CN(C2CCN(C(=O)OC(C)(C)C)CC2)S(=O)(=O)c2ccc(Cl)cc2)cc1. The molecule has 3 rings (SSSR count). The van der Waals surface area contributed by atoms with E-state index in [-0.39, 0.29) is 17.5 Å². The van der Waals surface area contributed by atoms with Gasteiger partial charge in [0.25, 0.3) is 0 Å². The maximum Gasteiger partial charge on any atom is 0.410 e. The van der Waals surface area contributed by atoms with Crippen LogP contribution < -0.4 is 0 Å². The number of rotatable bonds is 6. The number of piperidine rings is 1. The van der Waals surface area contributed by atoms with Crippen LogP contribution in [0.5, 0.6) is 0 Å². The van der Waals surface area contributed by atoms with Gasteiger partial charge in [0, 0.05) is 30.7 Å². The van der Waals surface area contributed by atoms with Gasteiger partial charge in [0.05, 0.1) is 17.6 Å². The van der Waals surface area contributed by atoms with Gasteiger partial charge < -0.3 is 14.4 Å². The molecule has 0 spiro atoms. The molecule has 1 heterocycles. The number of sulfonamides is 1. The predicted molar refractivity (Wildman–Crippen MR) is 133 cm³/mol. The first-order valence-electron chi connectivity index (χ1n) is 11.3. The van der Waals surface area contributed by atoms with Crippen LogP contribution in [0.3, 0.4) is 0 Å². The van der Waals surface area contributed by atoms with Crippen molar-refractivity contribution in [1.29, 1.82) is 0 Å². The molecule has 0 bridgehead atoms. The number of hydrogen-bond acceptors (Lipinski definition) is 6. The number of carbonyl (C=O) groups is 2. The number of esters is 1. The topological polar surface area (TPSA) is 93.2 Å². The van der Waals surface area contributed by atoms with E-state index >= 15 is 0 Å². The summed E-state index contributed by atoms with van der Waals surface area (Å²) in [5, 5.41) is 0.444. The minimum atomic E-state index is -3.86. The summed E-state index contributed by atoms with van der Waals surface area (Å²) < 4.78 is 39.0. The lowest BCUT2D eigenvalue weighted by Gasteiger charge is -2.38. The van der Waals surface area contributed by atoms with Crippen LogP contribution in [0.15, 0.2) is 53.4 Å². The van der Waals surface area contributed by atoms with Gasteiger partial charge in [0.15, 0.2) is 0 Å². The maximum atomic E-state index is 13.7.